The number of benzene rings is 2. The van der Waals surface area contributed by atoms with Crippen LogP contribution in [0.5, 0.6) is 5.75 Å². The monoisotopic (exact) mass is 336 g/mol. The van der Waals surface area contributed by atoms with Crippen molar-refractivity contribution in [3.05, 3.63) is 70.3 Å². The molecule has 3 rings (SSSR count). The number of phenolic OH excluding ortho intramolecular Hbond substituents is 1. The largest absolute Gasteiger partial charge is 0.504 e. The number of hydrogen-bond donors (Lipinski definition) is 3. The molecule has 1 amide bonds. The second-order valence-corrected chi connectivity index (χ2v) is 6.24. The Morgan fingerprint density at radius 3 is 2.72 bits per heavy atom. The van der Waals surface area contributed by atoms with Crippen LogP contribution in [0.3, 0.4) is 0 Å². The van der Waals surface area contributed by atoms with Crippen LogP contribution in [-0.2, 0) is 0 Å². The molecule has 5 heteroatoms. The number of phenols is 1. The maximum absolute atomic E-state index is 12.6. The van der Waals surface area contributed by atoms with Crippen molar-refractivity contribution in [2.75, 3.05) is 0 Å². The molecule has 3 aromatic rings. The number of aryl methyl sites for hydroxylation is 2. The lowest BCUT2D eigenvalue weighted by atomic mass is 10.00. The van der Waals surface area contributed by atoms with E-state index in [-0.39, 0.29) is 34.4 Å². The highest BCUT2D eigenvalue weighted by Crippen LogP contribution is 2.24. The van der Waals surface area contributed by atoms with E-state index in [0.717, 1.165) is 16.7 Å². The minimum atomic E-state index is -0.382. The molecule has 0 radical (unpaired) electrons. The number of carbonyl (C=O) groups is 1. The number of amides is 1. The third-order valence-electron chi connectivity index (χ3n) is 4.27. The lowest BCUT2D eigenvalue weighted by Gasteiger charge is -2.17. The lowest BCUT2D eigenvalue weighted by Crippen LogP contribution is -2.31. The van der Waals surface area contributed by atoms with E-state index in [0.29, 0.717) is 5.39 Å². The van der Waals surface area contributed by atoms with Gasteiger partial charge in [0.05, 0.1) is 6.04 Å². The Hall–Kier alpha value is -3.08. The van der Waals surface area contributed by atoms with E-state index in [2.05, 4.69) is 5.32 Å². The highest BCUT2D eigenvalue weighted by molar-refractivity contribution is 5.97. The van der Waals surface area contributed by atoms with Crippen molar-refractivity contribution in [3.63, 3.8) is 0 Å². The van der Waals surface area contributed by atoms with E-state index in [1.54, 1.807) is 18.2 Å². The first kappa shape index (κ1) is 16.8. The van der Waals surface area contributed by atoms with Crippen molar-refractivity contribution in [1.82, 2.24) is 5.32 Å². The van der Waals surface area contributed by atoms with Crippen LogP contribution in [0.15, 0.2) is 46.9 Å². The van der Waals surface area contributed by atoms with Gasteiger partial charge in [0.2, 0.25) is 5.55 Å². The standard InChI is InChI=1S/C20H20N2O3/c1-11-7-8-12(2)15(9-11)13(3)22-20(24)16-10-14-5-4-6-17(23)18(14)25-19(16)21/h4-10,13,21,23H,1-3H3,(H,22,24). The molecule has 3 N–H and O–H groups in total. The van der Waals surface area contributed by atoms with Gasteiger partial charge in [0, 0.05) is 5.39 Å². The number of aromatic hydroxyl groups is 1. The van der Waals surface area contributed by atoms with Gasteiger partial charge in [-0.15, -0.1) is 0 Å². The lowest BCUT2D eigenvalue weighted by molar-refractivity contribution is 0.0935. The molecule has 5 nitrogen and oxygen atoms in total. The van der Waals surface area contributed by atoms with Crippen LogP contribution in [-0.4, -0.2) is 11.0 Å². The minimum absolute atomic E-state index is 0.0540. The van der Waals surface area contributed by atoms with Gasteiger partial charge in [-0.25, -0.2) is 0 Å². The van der Waals surface area contributed by atoms with Crippen molar-refractivity contribution in [2.45, 2.75) is 26.8 Å². The molecule has 0 aliphatic carbocycles. The summed E-state index contributed by atoms with van der Waals surface area (Å²) in [6, 6.07) is 12.3. The van der Waals surface area contributed by atoms with Crippen LogP contribution in [0.25, 0.3) is 11.0 Å². The second kappa shape index (κ2) is 6.43. The number of hydrogen-bond acceptors (Lipinski definition) is 4. The molecule has 0 aliphatic heterocycles. The zero-order valence-corrected chi connectivity index (χ0v) is 14.4. The number of rotatable bonds is 3. The van der Waals surface area contributed by atoms with Gasteiger partial charge in [0.15, 0.2) is 11.3 Å². The van der Waals surface area contributed by atoms with Gasteiger partial charge in [-0.1, -0.05) is 35.9 Å². The molecule has 1 aromatic heterocycles. The Bertz CT molecular complexity index is 1020. The highest BCUT2D eigenvalue weighted by Gasteiger charge is 2.17. The van der Waals surface area contributed by atoms with Crippen LogP contribution in [0.4, 0.5) is 0 Å². The van der Waals surface area contributed by atoms with Gasteiger partial charge in [-0.2, -0.15) is 0 Å². The van der Waals surface area contributed by atoms with Crippen LogP contribution in [0.1, 0.15) is 40.0 Å². The van der Waals surface area contributed by atoms with Gasteiger partial charge in [0.1, 0.15) is 5.56 Å². The molecular formula is C20H20N2O3. The Balaban J connectivity index is 1.93. The highest BCUT2D eigenvalue weighted by atomic mass is 16.4. The Labute approximate surface area is 145 Å². The van der Waals surface area contributed by atoms with Gasteiger partial charge in [-0.3, -0.25) is 10.2 Å². The summed E-state index contributed by atoms with van der Waals surface area (Å²) in [6.45, 7) is 5.92. The summed E-state index contributed by atoms with van der Waals surface area (Å²) in [4.78, 5) is 12.6. The molecule has 2 aromatic carbocycles. The van der Waals surface area contributed by atoms with Crippen LogP contribution in [0, 0.1) is 19.3 Å². The molecular weight excluding hydrogens is 316 g/mol. The third-order valence-corrected chi connectivity index (χ3v) is 4.27. The molecule has 25 heavy (non-hydrogen) atoms. The predicted molar refractivity (Wildman–Crippen MR) is 95.5 cm³/mol. The maximum Gasteiger partial charge on any atom is 0.257 e. The van der Waals surface area contributed by atoms with Crippen LogP contribution in [0.2, 0.25) is 0 Å². The average molecular weight is 336 g/mol. The van der Waals surface area contributed by atoms with Gasteiger partial charge >= 0.3 is 0 Å². The van der Waals surface area contributed by atoms with E-state index in [4.69, 9.17) is 9.83 Å². The number of nitrogens with one attached hydrogen (secondary N) is 2. The zero-order valence-electron chi connectivity index (χ0n) is 14.4. The van der Waals surface area contributed by atoms with Crippen LogP contribution < -0.4 is 10.9 Å². The summed E-state index contributed by atoms with van der Waals surface area (Å²) < 4.78 is 5.33. The summed E-state index contributed by atoms with van der Waals surface area (Å²) in [5.74, 6) is -0.436. The normalized spacial score (nSPS) is 12.1. The second-order valence-electron chi connectivity index (χ2n) is 6.24. The van der Waals surface area contributed by atoms with Crippen molar-refractivity contribution in [2.24, 2.45) is 0 Å². The van der Waals surface area contributed by atoms with Crippen molar-refractivity contribution in [3.8, 4) is 5.75 Å². The van der Waals surface area contributed by atoms with Crippen molar-refractivity contribution < 1.29 is 14.3 Å². The molecule has 0 bridgehead atoms. The van der Waals surface area contributed by atoms with Crippen molar-refractivity contribution in [1.29, 1.82) is 5.41 Å². The first-order valence-corrected chi connectivity index (χ1v) is 8.05. The van der Waals surface area contributed by atoms with E-state index in [1.807, 2.05) is 39.0 Å². The molecule has 1 atom stereocenters. The van der Waals surface area contributed by atoms with Crippen molar-refractivity contribution >= 4 is 16.9 Å². The molecule has 0 spiro atoms. The Kier molecular flexibility index (Phi) is 4.31. The minimum Gasteiger partial charge on any atom is -0.504 e. The maximum atomic E-state index is 12.6. The predicted octanol–water partition coefficient (Wildman–Crippen LogP) is 3.73. The summed E-state index contributed by atoms with van der Waals surface area (Å²) in [7, 11) is 0. The van der Waals surface area contributed by atoms with Gasteiger partial charge in [0.25, 0.3) is 5.91 Å². The van der Waals surface area contributed by atoms with E-state index in [1.165, 1.54) is 6.07 Å². The van der Waals surface area contributed by atoms with Gasteiger partial charge < -0.3 is 14.8 Å². The molecule has 1 heterocycles. The molecule has 0 aliphatic rings. The fourth-order valence-electron chi connectivity index (χ4n) is 2.89. The topological polar surface area (TPSA) is 86.3 Å². The van der Waals surface area contributed by atoms with E-state index >= 15 is 0 Å². The molecule has 1 unspecified atom stereocenters. The van der Waals surface area contributed by atoms with E-state index in [9.17, 15) is 9.90 Å². The summed E-state index contributed by atoms with van der Waals surface area (Å²) in [5.41, 5.74) is 3.31. The first-order valence-electron chi connectivity index (χ1n) is 8.05. The molecule has 0 saturated heterocycles. The number of para-hydroxylation sites is 1. The Morgan fingerprint density at radius 2 is 1.96 bits per heavy atom. The summed E-state index contributed by atoms with van der Waals surface area (Å²) >= 11 is 0. The molecule has 0 fully saturated rings. The average Bonchev–Trinajstić information content (AvgIpc) is 2.57. The summed E-state index contributed by atoms with van der Waals surface area (Å²) in [6.07, 6.45) is 0. The number of carbonyl (C=O) groups excluding carboxylic acids is 1. The smallest absolute Gasteiger partial charge is 0.257 e. The summed E-state index contributed by atoms with van der Waals surface area (Å²) in [5, 5.41) is 21.3. The molecule has 0 saturated carbocycles. The molecule has 128 valence electrons. The Morgan fingerprint density at radius 1 is 1.20 bits per heavy atom. The third kappa shape index (κ3) is 3.26. The SMILES string of the molecule is Cc1ccc(C)c(C(C)NC(=O)c2cc3cccc(O)c3oc2=N)c1. The quantitative estimate of drug-likeness (QED) is 0.681. The first-order chi connectivity index (χ1) is 11.9. The van der Waals surface area contributed by atoms with E-state index < -0.39 is 0 Å². The van der Waals surface area contributed by atoms with Crippen LogP contribution >= 0.6 is 0 Å². The van der Waals surface area contributed by atoms with Gasteiger partial charge in [-0.05, 0) is 44.0 Å². The fourth-order valence-corrected chi connectivity index (χ4v) is 2.89. The fraction of sp³-hybridized carbons (Fsp3) is 0.200. The number of fused-ring (bicyclic) bond motifs is 1. The zero-order chi connectivity index (χ0) is 18.1.